The summed E-state index contributed by atoms with van der Waals surface area (Å²) < 4.78 is 6.96. The number of imidazole rings is 1. The van der Waals surface area contributed by atoms with E-state index in [0.29, 0.717) is 42.1 Å². The molecule has 10 nitrogen and oxygen atoms in total. The second-order valence-electron chi connectivity index (χ2n) is 7.21. The molecule has 3 aromatic heterocycles. The number of thiazole rings is 1. The van der Waals surface area contributed by atoms with Gasteiger partial charge in [0, 0.05) is 37.1 Å². The van der Waals surface area contributed by atoms with Crippen LogP contribution < -0.4 is 4.90 Å². The summed E-state index contributed by atoms with van der Waals surface area (Å²) in [6, 6.07) is 7.99. The second kappa shape index (κ2) is 7.50. The molecule has 4 heterocycles. The zero-order chi connectivity index (χ0) is 20.7. The van der Waals surface area contributed by atoms with E-state index in [-0.39, 0.29) is 10.7 Å². The van der Waals surface area contributed by atoms with Gasteiger partial charge in [-0.05, 0) is 11.8 Å². The fourth-order valence-corrected chi connectivity index (χ4v) is 4.30. The average Bonchev–Trinajstić information content (AvgIpc) is 3.45. The van der Waals surface area contributed by atoms with Gasteiger partial charge >= 0.3 is 5.82 Å². The van der Waals surface area contributed by atoms with Crippen LogP contribution in [0.25, 0.3) is 16.3 Å². The van der Waals surface area contributed by atoms with Crippen molar-refractivity contribution in [1.82, 2.24) is 24.4 Å². The SMILES string of the molecule is Cc1ccc(-c2noc(CN3CCN(c4nc5sccn5c4[N+](=O)[O-])CC3)n2)cc1. The van der Waals surface area contributed by atoms with Crippen molar-refractivity contribution < 1.29 is 9.45 Å². The number of aromatic nitrogens is 4. The van der Waals surface area contributed by atoms with Crippen molar-refractivity contribution in [2.75, 3.05) is 31.1 Å². The quantitative estimate of drug-likeness (QED) is 0.355. The number of nitrogens with zero attached hydrogens (tertiary/aromatic N) is 7. The molecule has 0 spiro atoms. The Hall–Kier alpha value is -3.31. The van der Waals surface area contributed by atoms with Crippen LogP contribution in [0, 0.1) is 17.0 Å². The first kappa shape index (κ1) is 18.7. The molecule has 0 amide bonds. The lowest BCUT2D eigenvalue weighted by Crippen LogP contribution is -2.46. The summed E-state index contributed by atoms with van der Waals surface area (Å²) >= 11 is 1.39. The first-order valence-corrected chi connectivity index (χ1v) is 10.4. The van der Waals surface area contributed by atoms with E-state index in [1.807, 2.05) is 36.1 Å². The van der Waals surface area contributed by atoms with E-state index in [2.05, 4.69) is 20.0 Å². The summed E-state index contributed by atoms with van der Waals surface area (Å²) in [6.45, 7) is 5.32. The smallest absolute Gasteiger partial charge is 0.358 e. The van der Waals surface area contributed by atoms with Crippen LogP contribution >= 0.6 is 11.3 Å². The number of hydrogen-bond acceptors (Lipinski definition) is 9. The summed E-state index contributed by atoms with van der Waals surface area (Å²) in [7, 11) is 0. The normalized spacial score (nSPS) is 15.2. The van der Waals surface area contributed by atoms with Gasteiger partial charge in [-0.25, -0.2) is 0 Å². The van der Waals surface area contributed by atoms with E-state index in [0.717, 1.165) is 18.7 Å². The van der Waals surface area contributed by atoms with E-state index in [9.17, 15) is 10.1 Å². The molecule has 4 aromatic rings. The molecule has 0 saturated carbocycles. The number of nitro groups is 1. The van der Waals surface area contributed by atoms with Crippen LogP contribution in [0.4, 0.5) is 11.6 Å². The summed E-state index contributed by atoms with van der Waals surface area (Å²) in [5, 5.41) is 17.4. The predicted molar refractivity (Wildman–Crippen MR) is 112 cm³/mol. The molecule has 0 unspecified atom stereocenters. The monoisotopic (exact) mass is 425 g/mol. The van der Waals surface area contributed by atoms with E-state index < -0.39 is 0 Å². The van der Waals surface area contributed by atoms with Gasteiger partial charge in [-0.15, -0.1) is 0 Å². The van der Waals surface area contributed by atoms with Crippen LogP contribution in [0.15, 0.2) is 40.4 Å². The van der Waals surface area contributed by atoms with Crippen molar-refractivity contribution in [3.8, 4) is 11.4 Å². The van der Waals surface area contributed by atoms with Gasteiger partial charge in [0.15, 0.2) is 0 Å². The van der Waals surface area contributed by atoms with Gasteiger partial charge in [0.1, 0.15) is 6.20 Å². The van der Waals surface area contributed by atoms with E-state index in [1.165, 1.54) is 21.3 Å². The van der Waals surface area contributed by atoms with Gasteiger partial charge in [0.25, 0.3) is 4.96 Å². The Morgan fingerprint density at radius 2 is 1.93 bits per heavy atom. The number of anilines is 1. The van der Waals surface area contributed by atoms with Crippen molar-refractivity contribution >= 4 is 27.9 Å². The third-order valence-corrected chi connectivity index (χ3v) is 5.96. The number of piperazine rings is 1. The summed E-state index contributed by atoms with van der Waals surface area (Å²) in [4.78, 5) is 25.0. The highest BCUT2D eigenvalue weighted by molar-refractivity contribution is 7.15. The lowest BCUT2D eigenvalue weighted by atomic mass is 10.1. The largest absolute Gasteiger partial charge is 0.373 e. The highest BCUT2D eigenvalue weighted by Crippen LogP contribution is 2.31. The van der Waals surface area contributed by atoms with Crippen molar-refractivity contribution in [1.29, 1.82) is 0 Å². The lowest BCUT2D eigenvalue weighted by molar-refractivity contribution is -0.389. The fraction of sp³-hybridized carbons (Fsp3) is 0.316. The molecule has 0 aliphatic carbocycles. The molecule has 1 aliphatic heterocycles. The molecular weight excluding hydrogens is 406 g/mol. The van der Waals surface area contributed by atoms with Crippen LogP contribution in [0.3, 0.4) is 0 Å². The molecule has 11 heteroatoms. The zero-order valence-corrected chi connectivity index (χ0v) is 17.1. The standard InChI is InChI=1S/C19H19N7O3S/c1-13-2-4-14(5-3-13)16-20-15(29-22-16)12-23-6-8-24(9-7-23)17-18(26(27)28)25-10-11-30-19(25)21-17/h2-5,10-11H,6-9,12H2,1H3. The first-order valence-electron chi connectivity index (χ1n) is 9.55. The number of hydrogen-bond donors (Lipinski definition) is 0. The molecule has 0 atom stereocenters. The Morgan fingerprint density at radius 3 is 2.67 bits per heavy atom. The number of aryl methyl sites for hydroxylation is 1. The van der Waals surface area contributed by atoms with Gasteiger partial charge in [-0.2, -0.15) is 14.4 Å². The molecule has 154 valence electrons. The molecule has 1 aliphatic rings. The molecule has 1 saturated heterocycles. The maximum Gasteiger partial charge on any atom is 0.373 e. The van der Waals surface area contributed by atoms with Gasteiger partial charge < -0.3 is 19.5 Å². The van der Waals surface area contributed by atoms with Crippen LogP contribution in [-0.4, -0.2) is 55.5 Å². The van der Waals surface area contributed by atoms with E-state index in [1.54, 1.807) is 11.6 Å². The molecular formula is C19H19N7O3S. The maximum absolute atomic E-state index is 11.6. The summed E-state index contributed by atoms with van der Waals surface area (Å²) in [6.07, 6.45) is 1.69. The third kappa shape index (κ3) is 3.42. The maximum atomic E-state index is 11.6. The van der Waals surface area contributed by atoms with Crippen LogP contribution in [0.1, 0.15) is 11.5 Å². The molecule has 0 radical (unpaired) electrons. The van der Waals surface area contributed by atoms with Gasteiger partial charge in [0.2, 0.25) is 17.5 Å². The van der Waals surface area contributed by atoms with Crippen LogP contribution in [0.5, 0.6) is 0 Å². The molecule has 1 fully saturated rings. The van der Waals surface area contributed by atoms with Crippen molar-refractivity contribution in [3.63, 3.8) is 0 Å². The Kier molecular flexibility index (Phi) is 4.68. The molecule has 1 aromatic carbocycles. The lowest BCUT2D eigenvalue weighted by Gasteiger charge is -2.33. The van der Waals surface area contributed by atoms with Crippen molar-refractivity contribution in [2.24, 2.45) is 0 Å². The Labute approximate surface area is 175 Å². The van der Waals surface area contributed by atoms with Gasteiger partial charge in [-0.1, -0.05) is 46.3 Å². The third-order valence-electron chi connectivity index (χ3n) is 5.20. The Balaban J connectivity index is 1.25. The predicted octanol–water partition coefficient (Wildman–Crippen LogP) is 2.98. The van der Waals surface area contributed by atoms with Gasteiger partial charge in [0.05, 0.1) is 6.54 Å². The Morgan fingerprint density at radius 1 is 1.17 bits per heavy atom. The zero-order valence-electron chi connectivity index (χ0n) is 16.3. The van der Waals surface area contributed by atoms with Crippen LogP contribution in [-0.2, 0) is 6.54 Å². The minimum atomic E-state index is -0.362. The topological polar surface area (TPSA) is 106 Å². The first-order chi connectivity index (χ1) is 14.6. The molecule has 0 bridgehead atoms. The van der Waals surface area contributed by atoms with E-state index in [4.69, 9.17) is 4.52 Å². The van der Waals surface area contributed by atoms with Crippen molar-refractivity contribution in [3.05, 3.63) is 57.4 Å². The highest BCUT2D eigenvalue weighted by Gasteiger charge is 2.30. The minimum Gasteiger partial charge on any atom is -0.358 e. The number of rotatable bonds is 5. The molecule has 30 heavy (non-hydrogen) atoms. The number of benzene rings is 1. The second-order valence-corrected chi connectivity index (χ2v) is 8.09. The summed E-state index contributed by atoms with van der Waals surface area (Å²) in [5.74, 6) is 1.61. The van der Waals surface area contributed by atoms with E-state index >= 15 is 0 Å². The number of fused-ring (bicyclic) bond motifs is 1. The summed E-state index contributed by atoms with van der Waals surface area (Å²) in [5.41, 5.74) is 2.10. The molecule has 0 N–H and O–H groups in total. The molecule has 5 rings (SSSR count). The minimum absolute atomic E-state index is 0.0272. The van der Waals surface area contributed by atoms with Crippen molar-refractivity contribution in [2.45, 2.75) is 13.5 Å². The van der Waals surface area contributed by atoms with Crippen LogP contribution in [0.2, 0.25) is 0 Å². The fourth-order valence-electron chi connectivity index (χ4n) is 3.59. The Bertz CT molecular complexity index is 1190. The average molecular weight is 425 g/mol. The highest BCUT2D eigenvalue weighted by atomic mass is 32.1. The van der Waals surface area contributed by atoms with Gasteiger partial charge in [-0.3, -0.25) is 4.90 Å².